The minimum Gasteiger partial charge on any atom is -0.480 e. The molecular formula is C15H14O2S. The second kappa shape index (κ2) is 5.74. The maximum Gasteiger partial charge on any atom is 0.321 e. The molecule has 0 spiro atoms. The Labute approximate surface area is 111 Å². The fourth-order valence-corrected chi connectivity index (χ4v) is 2.60. The van der Waals surface area contributed by atoms with Crippen molar-refractivity contribution in [1.82, 2.24) is 0 Å². The molecule has 0 bridgehead atoms. The van der Waals surface area contributed by atoms with Gasteiger partial charge in [0.1, 0.15) is 5.25 Å². The van der Waals surface area contributed by atoms with Crippen molar-refractivity contribution in [3.8, 4) is 0 Å². The van der Waals surface area contributed by atoms with E-state index in [4.69, 9.17) is 0 Å². The van der Waals surface area contributed by atoms with Gasteiger partial charge in [-0.25, -0.2) is 0 Å². The molecule has 0 fully saturated rings. The molecule has 2 rings (SSSR count). The van der Waals surface area contributed by atoms with E-state index in [1.807, 2.05) is 61.5 Å². The highest BCUT2D eigenvalue weighted by atomic mass is 32.2. The van der Waals surface area contributed by atoms with Crippen molar-refractivity contribution in [2.45, 2.75) is 17.1 Å². The lowest BCUT2D eigenvalue weighted by molar-refractivity contribution is -0.136. The first-order valence-corrected chi connectivity index (χ1v) is 6.56. The van der Waals surface area contributed by atoms with Gasteiger partial charge in [0.15, 0.2) is 0 Å². The van der Waals surface area contributed by atoms with E-state index in [-0.39, 0.29) is 0 Å². The van der Waals surface area contributed by atoms with Crippen LogP contribution in [0, 0.1) is 6.92 Å². The number of aliphatic carboxylic acids is 1. The van der Waals surface area contributed by atoms with Gasteiger partial charge >= 0.3 is 5.97 Å². The number of aryl methyl sites for hydroxylation is 1. The van der Waals surface area contributed by atoms with Gasteiger partial charge < -0.3 is 5.11 Å². The summed E-state index contributed by atoms with van der Waals surface area (Å²) in [4.78, 5) is 12.3. The monoisotopic (exact) mass is 258 g/mol. The Bertz CT molecular complexity index is 520. The lowest BCUT2D eigenvalue weighted by Crippen LogP contribution is -2.07. The lowest BCUT2D eigenvalue weighted by Gasteiger charge is -2.12. The third kappa shape index (κ3) is 3.14. The topological polar surface area (TPSA) is 37.3 Å². The Hall–Kier alpha value is -1.74. The van der Waals surface area contributed by atoms with Gasteiger partial charge in [-0.15, -0.1) is 11.8 Å². The first kappa shape index (κ1) is 12.7. The van der Waals surface area contributed by atoms with Crippen molar-refractivity contribution in [2.24, 2.45) is 0 Å². The van der Waals surface area contributed by atoms with Gasteiger partial charge in [-0.2, -0.15) is 0 Å². The summed E-state index contributed by atoms with van der Waals surface area (Å²) >= 11 is 1.36. The van der Waals surface area contributed by atoms with Crippen molar-refractivity contribution in [3.63, 3.8) is 0 Å². The molecule has 0 saturated carbocycles. The maximum absolute atomic E-state index is 11.4. The van der Waals surface area contributed by atoms with Crippen LogP contribution in [-0.2, 0) is 4.79 Å². The zero-order chi connectivity index (χ0) is 13.0. The number of carbonyl (C=O) groups is 1. The summed E-state index contributed by atoms with van der Waals surface area (Å²) < 4.78 is 0. The van der Waals surface area contributed by atoms with Crippen LogP contribution in [0.25, 0.3) is 0 Å². The Balaban J connectivity index is 2.22. The van der Waals surface area contributed by atoms with Crippen LogP contribution in [0.4, 0.5) is 0 Å². The highest BCUT2D eigenvalue weighted by Gasteiger charge is 2.20. The minimum atomic E-state index is -0.813. The molecule has 1 atom stereocenters. The van der Waals surface area contributed by atoms with Crippen LogP contribution < -0.4 is 0 Å². The van der Waals surface area contributed by atoms with E-state index in [9.17, 15) is 9.90 Å². The molecular weight excluding hydrogens is 244 g/mol. The number of benzene rings is 2. The highest BCUT2D eigenvalue weighted by Crippen LogP contribution is 2.35. The molecule has 0 saturated heterocycles. The lowest BCUT2D eigenvalue weighted by atomic mass is 10.1. The average Bonchev–Trinajstić information content (AvgIpc) is 2.38. The number of carboxylic acids is 1. The molecule has 0 unspecified atom stereocenters. The highest BCUT2D eigenvalue weighted by molar-refractivity contribution is 8.00. The number of hydrogen-bond acceptors (Lipinski definition) is 2. The van der Waals surface area contributed by atoms with Gasteiger partial charge in [0.05, 0.1) is 0 Å². The predicted molar refractivity (Wildman–Crippen MR) is 73.9 cm³/mol. The summed E-state index contributed by atoms with van der Waals surface area (Å²) in [7, 11) is 0. The summed E-state index contributed by atoms with van der Waals surface area (Å²) in [5.74, 6) is -0.813. The summed E-state index contributed by atoms with van der Waals surface area (Å²) in [6.45, 7) is 2.01. The molecule has 2 aromatic rings. The Morgan fingerprint density at radius 1 is 1.06 bits per heavy atom. The van der Waals surface area contributed by atoms with Crippen LogP contribution in [0.3, 0.4) is 0 Å². The maximum atomic E-state index is 11.4. The van der Waals surface area contributed by atoms with E-state index in [1.54, 1.807) is 0 Å². The summed E-state index contributed by atoms with van der Waals surface area (Å²) in [6, 6.07) is 17.2. The van der Waals surface area contributed by atoms with Gasteiger partial charge in [-0.1, -0.05) is 48.0 Å². The van der Waals surface area contributed by atoms with Gasteiger partial charge in [-0.3, -0.25) is 4.79 Å². The summed E-state index contributed by atoms with van der Waals surface area (Å²) in [5, 5.41) is 8.76. The Morgan fingerprint density at radius 2 is 1.67 bits per heavy atom. The zero-order valence-electron chi connectivity index (χ0n) is 10.0. The van der Waals surface area contributed by atoms with Crippen LogP contribution >= 0.6 is 11.8 Å². The molecule has 0 heterocycles. The largest absolute Gasteiger partial charge is 0.480 e. The molecule has 2 nitrogen and oxygen atoms in total. The molecule has 92 valence electrons. The average molecular weight is 258 g/mol. The van der Waals surface area contributed by atoms with Crippen LogP contribution in [-0.4, -0.2) is 11.1 Å². The smallest absolute Gasteiger partial charge is 0.321 e. The molecule has 0 aliphatic heterocycles. The predicted octanol–water partition coefficient (Wildman–Crippen LogP) is 3.91. The van der Waals surface area contributed by atoms with E-state index in [1.165, 1.54) is 17.3 Å². The van der Waals surface area contributed by atoms with Crippen molar-refractivity contribution in [1.29, 1.82) is 0 Å². The number of carboxylic acid groups (broad SMARTS) is 1. The van der Waals surface area contributed by atoms with Gasteiger partial charge in [-0.05, 0) is 24.6 Å². The Kier molecular flexibility index (Phi) is 4.05. The second-order valence-electron chi connectivity index (χ2n) is 4.06. The van der Waals surface area contributed by atoms with Gasteiger partial charge in [0.25, 0.3) is 0 Å². The molecule has 1 N–H and O–H groups in total. The summed E-state index contributed by atoms with van der Waals surface area (Å²) in [5.41, 5.74) is 1.99. The van der Waals surface area contributed by atoms with Crippen LogP contribution in [0.15, 0.2) is 59.5 Å². The third-order valence-electron chi connectivity index (χ3n) is 2.60. The number of hydrogen-bond donors (Lipinski definition) is 1. The standard InChI is InChI=1S/C15H14O2S/c1-11-7-9-13(10-8-11)18-14(15(16)17)12-5-3-2-4-6-12/h2-10,14H,1H3,(H,16,17)/t14-/m1/s1. The van der Waals surface area contributed by atoms with E-state index in [2.05, 4.69) is 0 Å². The molecule has 0 amide bonds. The SMILES string of the molecule is Cc1ccc(S[C@@H](C(=O)O)c2ccccc2)cc1. The fraction of sp³-hybridized carbons (Fsp3) is 0.133. The molecule has 0 aliphatic rings. The number of thioether (sulfide) groups is 1. The normalized spacial score (nSPS) is 12.1. The van der Waals surface area contributed by atoms with E-state index < -0.39 is 11.2 Å². The molecule has 2 aromatic carbocycles. The van der Waals surface area contributed by atoms with E-state index in [0.29, 0.717) is 0 Å². The van der Waals surface area contributed by atoms with Crippen LogP contribution in [0.5, 0.6) is 0 Å². The van der Waals surface area contributed by atoms with Crippen molar-refractivity contribution in [3.05, 3.63) is 65.7 Å². The first-order valence-electron chi connectivity index (χ1n) is 5.68. The van der Waals surface area contributed by atoms with Crippen molar-refractivity contribution in [2.75, 3.05) is 0 Å². The fourth-order valence-electron chi connectivity index (χ4n) is 1.64. The zero-order valence-corrected chi connectivity index (χ0v) is 10.9. The van der Waals surface area contributed by atoms with Crippen molar-refractivity contribution >= 4 is 17.7 Å². The second-order valence-corrected chi connectivity index (χ2v) is 5.24. The minimum absolute atomic E-state index is 0.561. The third-order valence-corrected chi connectivity index (χ3v) is 3.86. The Morgan fingerprint density at radius 3 is 2.22 bits per heavy atom. The van der Waals surface area contributed by atoms with Gasteiger partial charge in [0, 0.05) is 4.90 Å². The van der Waals surface area contributed by atoms with Crippen LogP contribution in [0.2, 0.25) is 0 Å². The number of rotatable bonds is 4. The molecule has 0 aliphatic carbocycles. The molecule has 0 radical (unpaired) electrons. The summed E-state index contributed by atoms with van der Waals surface area (Å²) in [6.07, 6.45) is 0. The van der Waals surface area contributed by atoms with Gasteiger partial charge in [0.2, 0.25) is 0 Å². The van der Waals surface area contributed by atoms with Crippen LogP contribution in [0.1, 0.15) is 16.4 Å². The molecule has 0 aromatic heterocycles. The first-order chi connectivity index (χ1) is 8.66. The quantitative estimate of drug-likeness (QED) is 0.845. The molecule has 3 heteroatoms. The van der Waals surface area contributed by atoms with E-state index >= 15 is 0 Å². The van der Waals surface area contributed by atoms with E-state index in [0.717, 1.165) is 10.5 Å². The van der Waals surface area contributed by atoms with Crippen molar-refractivity contribution < 1.29 is 9.90 Å². The molecule has 18 heavy (non-hydrogen) atoms.